The van der Waals surface area contributed by atoms with Crippen LogP contribution in [0.25, 0.3) is 5.65 Å². The summed E-state index contributed by atoms with van der Waals surface area (Å²) in [5.74, 6) is -2.13. The number of halogens is 3. The summed E-state index contributed by atoms with van der Waals surface area (Å²) in [7, 11) is -1.62. The van der Waals surface area contributed by atoms with Crippen LogP contribution in [0.2, 0.25) is 0 Å². The molecule has 15 heteroatoms. The van der Waals surface area contributed by atoms with Gasteiger partial charge in [-0.25, -0.2) is 8.51 Å². The second-order valence-corrected chi connectivity index (χ2v) is 12.9. The number of anilines is 1. The molecule has 4 aromatic rings. The van der Waals surface area contributed by atoms with Crippen molar-refractivity contribution in [1.82, 2.24) is 23.9 Å². The van der Waals surface area contributed by atoms with E-state index in [4.69, 9.17) is 9.84 Å². The molecular formula is C30H31F3N6O5S. The van der Waals surface area contributed by atoms with Gasteiger partial charge in [-0.15, -0.1) is 10.2 Å². The second kappa shape index (κ2) is 11.7. The Morgan fingerprint density at radius 1 is 1.18 bits per heavy atom. The molecule has 3 aromatic heterocycles. The third-order valence-electron chi connectivity index (χ3n) is 8.25. The van der Waals surface area contributed by atoms with Gasteiger partial charge in [0, 0.05) is 25.2 Å². The van der Waals surface area contributed by atoms with Gasteiger partial charge in [-0.1, -0.05) is 18.2 Å². The largest absolute Gasteiger partial charge is 0.481 e. The lowest BCUT2D eigenvalue weighted by Crippen LogP contribution is -2.35. The van der Waals surface area contributed by atoms with Crippen molar-refractivity contribution in [2.75, 3.05) is 25.0 Å². The Labute approximate surface area is 258 Å². The maximum atomic E-state index is 13.9. The number of nitrogens with zero attached hydrogens (tertiary/aromatic N) is 5. The van der Waals surface area contributed by atoms with E-state index in [-0.39, 0.29) is 31.1 Å². The standard InChI is InChI=1S/C30H31F3N6O5S/c1-17-3-4-19(22(14-25(41)42)21-7-11-39-26(18(21)2)36-37-28(39)30(31,32)33)13-20(17)15-38-16-29(8-9-29)44-27-23(45(38)43)5-6-24(35-27)34-10-12-40/h3-7,11,13,22,40H,8-10,12,14-16H2,1-2H3,(H,34,35)(H,41,42). The fourth-order valence-electron chi connectivity index (χ4n) is 5.71. The molecule has 1 fully saturated rings. The molecule has 3 N–H and O–H groups in total. The highest BCUT2D eigenvalue weighted by Gasteiger charge is 2.50. The molecule has 238 valence electrons. The summed E-state index contributed by atoms with van der Waals surface area (Å²) < 4.78 is 63.2. The Kier molecular flexibility index (Phi) is 8.03. The molecular weight excluding hydrogens is 613 g/mol. The highest BCUT2D eigenvalue weighted by Crippen LogP contribution is 2.45. The van der Waals surface area contributed by atoms with Crippen LogP contribution in [0.1, 0.15) is 58.8 Å². The van der Waals surface area contributed by atoms with Crippen molar-refractivity contribution in [2.45, 2.75) is 62.2 Å². The number of nitrogens with one attached hydrogen (secondary N) is 1. The van der Waals surface area contributed by atoms with Gasteiger partial charge in [0.15, 0.2) is 5.65 Å². The number of aliphatic hydroxyl groups is 1. The van der Waals surface area contributed by atoms with Crippen molar-refractivity contribution in [1.29, 1.82) is 0 Å². The van der Waals surface area contributed by atoms with Crippen LogP contribution >= 0.6 is 0 Å². The third kappa shape index (κ3) is 6.11. The van der Waals surface area contributed by atoms with Crippen molar-refractivity contribution < 1.29 is 37.1 Å². The van der Waals surface area contributed by atoms with E-state index < -0.39 is 40.5 Å². The van der Waals surface area contributed by atoms with Crippen LogP contribution in [0, 0.1) is 13.8 Å². The number of rotatable bonds is 9. The summed E-state index contributed by atoms with van der Waals surface area (Å²) in [5.41, 5.74) is 2.77. The highest BCUT2D eigenvalue weighted by molar-refractivity contribution is 7.82. The lowest BCUT2D eigenvalue weighted by molar-refractivity contribution is -0.145. The van der Waals surface area contributed by atoms with E-state index in [0.717, 1.165) is 28.4 Å². The Bertz CT molecular complexity index is 1810. The normalized spacial score (nSPS) is 18.3. The fraction of sp³-hybridized carbons (Fsp3) is 0.400. The van der Waals surface area contributed by atoms with E-state index in [1.165, 1.54) is 12.3 Å². The average molecular weight is 645 g/mol. The molecule has 1 spiro atoms. The fourth-order valence-corrected chi connectivity index (χ4v) is 7.01. The molecule has 0 bridgehead atoms. The number of aliphatic carboxylic acids is 1. The van der Waals surface area contributed by atoms with Crippen LogP contribution in [-0.2, 0) is 28.5 Å². The molecule has 0 saturated heterocycles. The van der Waals surface area contributed by atoms with Crippen LogP contribution in [0.5, 0.6) is 5.88 Å². The Morgan fingerprint density at radius 2 is 1.96 bits per heavy atom. The highest BCUT2D eigenvalue weighted by atomic mass is 32.2. The summed E-state index contributed by atoms with van der Waals surface area (Å²) in [4.78, 5) is 17.0. The second-order valence-electron chi connectivity index (χ2n) is 11.4. The van der Waals surface area contributed by atoms with Crippen molar-refractivity contribution in [2.24, 2.45) is 0 Å². The van der Waals surface area contributed by atoms with Crippen LogP contribution in [-0.4, -0.2) is 69.6 Å². The number of aryl methyl sites for hydroxylation is 2. The molecule has 45 heavy (non-hydrogen) atoms. The first kappa shape index (κ1) is 30.9. The summed E-state index contributed by atoms with van der Waals surface area (Å²) in [6.45, 7) is 4.43. The monoisotopic (exact) mass is 644 g/mol. The number of aliphatic hydroxyl groups excluding tert-OH is 1. The number of benzene rings is 1. The van der Waals surface area contributed by atoms with Gasteiger partial charge in [-0.05, 0) is 72.7 Å². The molecule has 2 unspecified atom stereocenters. The van der Waals surface area contributed by atoms with E-state index >= 15 is 0 Å². The van der Waals surface area contributed by atoms with Gasteiger partial charge >= 0.3 is 12.1 Å². The first-order valence-electron chi connectivity index (χ1n) is 14.3. The first-order valence-corrected chi connectivity index (χ1v) is 15.4. The maximum absolute atomic E-state index is 13.9. The van der Waals surface area contributed by atoms with E-state index in [0.29, 0.717) is 40.5 Å². The molecule has 1 aliphatic heterocycles. The van der Waals surface area contributed by atoms with Gasteiger partial charge in [0.1, 0.15) is 27.3 Å². The summed E-state index contributed by atoms with van der Waals surface area (Å²) >= 11 is 0. The zero-order valence-corrected chi connectivity index (χ0v) is 25.3. The predicted molar refractivity (Wildman–Crippen MR) is 157 cm³/mol. The van der Waals surface area contributed by atoms with Crippen molar-refractivity contribution in [3.63, 3.8) is 0 Å². The molecule has 0 amide bonds. The first-order chi connectivity index (χ1) is 21.4. The van der Waals surface area contributed by atoms with E-state index in [1.807, 2.05) is 29.4 Å². The number of pyridine rings is 2. The third-order valence-corrected chi connectivity index (χ3v) is 9.66. The molecule has 11 nitrogen and oxygen atoms in total. The number of aromatic nitrogens is 4. The van der Waals surface area contributed by atoms with Crippen LogP contribution < -0.4 is 10.1 Å². The van der Waals surface area contributed by atoms with Gasteiger partial charge in [-0.3, -0.25) is 9.20 Å². The molecule has 1 aromatic carbocycles. The summed E-state index contributed by atoms with van der Waals surface area (Å²) in [6, 6.07) is 10.4. The number of hydrogen-bond donors (Lipinski definition) is 3. The van der Waals surface area contributed by atoms with Crippen molar-refractivity contribution in [3.8, 4) is 5.88 Å². The van der Waals surface area contributed by atoms with Gasteiger partial charge < -0.3 is 20.3 Å². The molecule has 6 rings (SSSR count). The molecule has 4 heterocycles. The van der Waals surface area contributed by atoms with Gasteiger partial charge in [0.25, 0.3) is 0 Å². The molecule has 1 aliphatic carbocycles. The number of carboxylic acid groups (broad SMARTS) is 1. The average Bonchev–Trinajstić information content (AvgIpc) is 3.60. The summed E-state index contributed by atoms with van der Waals surface area (Å²) in [6.07, 6.45) is -2.24. The predicted octanol–water partition coefficient (Wildman–Crippen LogP) is 4.22. The van der Waals surface area contributed by atoms with Crippen LogP contribution in [0.15, 0.2) is 47.5 Å². The number of carbonyl (C=O) groups is 1. The Hall–Kier alpha value is -4.08. The van der Waals surface area contributed by atoms with Gasteiger partial charge in [0.05, 0.1) is 19.6 Å². The minimum Gasteiger partial charge on any atom is -0.481 e. The Morgan fingerprint density at radius 3 is 2.64 bits per heavy atom. The minimum absolute atomic E-state index is 0.000707. The smallest absolute Gasteiger partial charge is 0.452 e. The zero-order valence-electron chi connectivity index (χ0n) is 24.5. The van der Waals surface area contributed by atoms with Crippen molar-refractivity contribution in [3.05, 3.63) is 76.2 Å². The number of carboxylic acids is 1. The number of alkyl halides is 3. The quantitative estimate of drug-likeness (QED) is 0.244. The number of fused-ring (bicyclic) bond motifs is 2. The van der Waals surface area contributed by atoms with Crippen LogP contribution in [0.4, 0.5) is 19.0 Å². The number of ether oxygens (including phenoxy) is 1. The van der Waals surface area contributed by atoms with Crippen LogP contribution in [0.3, 0.4) is 0 Å². The van der Waals surface area contributed by atoms with Gasteiger partial charge in [0.2, 0.25) is 11.7 Å². The molecule has 2 atom stereocenters. The van der Waals surface area contributed by atoms with E-state index in [9.17, 15) is 27.3 Å². The Balaban J connectivity index is 1.34. The van der Waals surface area contributed by atoms with E-state index in [1.54, 1.807) is 19.1 Å². The minimum atomic E-state index is -4.70. The lowest BCUT2D eigenvalue weighted by atomic mass is 9.85. The lowest BCUT2D eigenvalue weighted by Gasteiger charge is -2.24. The molecule has 2 aliphatic rings. The van der Waals surface area contributed by atoms with Crippen molar-refractivity contribution >= 4 is 28.4 Å². The van der Waals surface area contributed by atoms with Gasteiger partial charge in [-0.2, -0.15) is 18.2 Å². The van der Waals surface area contributed by atoms with E-state index in [2.05, 4.69) is 20.5 Å². The SMILES string of the molecule is Cc1ccc(C(CC(=O)O)c2ccn3c(C(F)(F)F)nnc3c2C)cc1CN1CC2(CC2)Oc2nc(NCCO)ccc2S1=O. The number of hydrogen-bond acceptors (Lipinski definition) is 8. The zero-order chi connectivity index (χ0) is 32.1. The molecule has 0 radical (unpaired) electrons. The topological polar surface area (TPSA) is 142 Å². The summed E-state index contributed by atoms with van der Waals surface area (Å²) in [5, 5.41) is 29.1. The maximum Gasteiger partial charge on any atom is 0.452 e. The molecule has 1 saturated carbocycles.